The van der Waals surface area contributed by atoms with Gasteiger partial charge in [0.15, 0.2) is 0 Å². The van der Waals surface area contributed by atoms with Crippen molar-refractivity contribution in [2.45, 2.75) is 63.7 Å². The van der Waals surface area contributed by atoms with Gasteiger partial charge in [0.25, 0.3) is 0 Å². The molecule has 1 fully saturated rings. The molecular formula is C13H25NO4. The van der Waals surface area contributed by atoms with Crippen molar-refractivity contribution in [1.82, 2.24) is 5.32 Å². The molecule has 0 atom stereocenters. The van der Waals surface area contributed by atoms with Crippen LogP contribution in [0.25, 0.3) is 0 Å². The molecule has 5 nitrogen and oxygen atoms in total. The minimum Gasteiger partial charge on any atom is -0.444 e. The second-order valence-electron chi connectivity index (χ2n) is 6.08. The van der Waals surface area contributed by atoms with Gasteiger partial charge in [0.05, 0.1) is 12.2 Å². The Bertz CT molecular complexity index is 277. The molecule has 0 aromatic rings. The lowest BCUT2D eigenvalue weighted by molar-refractivity contribution is -0.0606. The van der Waals surface area contributed by atoms with Gasteiger partial charge in [0.2, 0.25) is 0 Å². The third kappa shape index (κ3) is 5.23. The lowest BCUT2D eigenvalue weighted by atomic mass is 9.83. The van der Waals surface area contributed by atoms with Crippen molar-refractivity contribution < 1.29 is 19.4 Å². The molecule has 0 aliphatic heterocycles. The number of alkyl carbamates (subject to hydrolysis) is 1. The summed E-state index contributed by atoms with van der Waals surface area (Å²) >= 11 is 0. The first kappa shape index (κ1) is 15.2. The van der Waals surface area contributed by atoms with E-state index < -0.39 is 11.2 Å². The zero-order valence-electron chi connectivity index (χ0n) is 11.8. The Kier molecular flexibility index (Phi) is 4.99. The van der Waals surface area contributed by atoms with E-state index in [0.29, 0.717) is 19.4 Å². The van der Waals surface area contributed by atoms with E-state index >= 15 is 0 Å². The topological polar surface area (TPSA) is 67.8 Å². The molecule has 1 amide bonds. The van der Waals surface area contributed by atoms with Crippen molar-refractivity contribution >= 4 is 6.09 Å². The van der Waals surface area contributed by atoms with Gasteiger partial charge >= 0.3 is 6.09 Å². The van der Waals surface area contributed by atoms with Crippen LogP contribution in [-0.4, -0.2) is 42.2 Å². The van der Waals surface area contributed by atoms with Gasteiger partial charge in [-0.15, -0.1) is 0 Å². The third-order valence-electron chi connectivity index (χ3n) is 3.05. The second kappa shape index (κ2) is 5.89. The standard InChI is InChI=1S/C13H25NO4/c1-12(2,3)18-11(15)14-10-5-7-13(16,8-6-10)9-17-4/h10,16H,5-9H2,1-4H3,(H,14,15)/t10-,13-. The molecule has 1 rings (SSSR count). The van der Waals surface area contributed by atoms with Gasteiger partial charge in [-0.05, 0) is 46.5 Å². The number of carbonyl (C=O) groups is 1. The van der Waals surface area contributed by atoms with Gasteiger partial charge < -0.3 is 19.9 Å². The summed E-state index contributed by atoms with van der Waals surface area (Å²) < 4.78 is 10.2. The molecule has 0 heterocycles. The Morgan fingerprint density at radius 3 is 2.39 bits per heavy atom. The van der Waals surface area contributed by atoms with Gasteiger partial charge in [-0.1, -0.05) is 0 Å². The fourth-order valence-corrected chi connectivity index (χ4v) is 2.19. The molecule has 2 N–H and O–H groups in total. The number of rotatable bonds is 3. The first-order chi connectivity index (χ1) is 8.24. The monoisotopic (exact) mass is 259 g/mol. The van der Waals surface area contributed by atoms with Crippen LogP contribution in [0.4, 0.5) is 4.79 Å². The van der Waals surface area contributed by atoms with Crippen LogP contribution in [-0.2, 0) is 9.47 Å². The second-order valence-corrected chi connectivity index (χ2v) is 6.08. The maximum Gasteiger partial charge on any atom is 0.407 e. The lowest BCUT2D eigenvalue weighted by Crippen LogP contribution is -2.46. The normalized spacial score (nSPS) is 28.8. The van der Waals surface area contributed by atoms with Crippen LogP contribution >= 0.6 is 0 Å². The molecule has 0 aromatic carbocycles. The van der Waals surface area contributed by atoms with E-state index in [0.717, 1.165) is 12.8 Å². The number of ether oxygens (including phenoxy) is 2. The predicted molar refractivity (Wildman–Crippen MR) is 68.5 cm³/mol. The summed E-state index contributed by atoms with van der Waals surface area (Å²) in [5, 5.41) is 13.0. The highest BCUT2D eigenvalue weighted by Crippen LogP contribution is 2.28. The molecular weight excluding hydrogens is 234 g/mol. The van der Waals surface area contributed by atoms with E-state index in [1.165, 1.54) is 0 Å². The number of aliphatic hydroxyl groups is 1. The SMILES string of the molecule is COC[C@]1(O)CC[C@H](NC(=O)OC(C)(C)C)CC1. The van der Waals surface area contributed by atoms with E-state index in [1.54, 1.807) is 7.11 Å². The molecule has 0 unspecified atom stereocenters. The fraction of sp³-hybridized carbons (Fsp3) is 0.923. The summed E-state index contributed by atoms with van der Waals surface area (Å²) in [5.74, 6) is 0. The minimum atomic E-state index is -0.735. The highest BCUT2D eigenvalue weighted by molar-refractivity contribution is 5.68. The van der Waals surface area contributed by atoms with E-state index in [4.69, 9.17) is 9.47 Å². The van der Waals surface area contributed by atoms with Crippen molar-refractivity contribution in [3.63, 3.8) is 0 Å². The Morgan fingerprint density at radius 1 is 1.39 bits per heavy atom. The summed E-state index contributed by atoms with van der Waals surface area (Å²) in [7, 11) is 1.59. The first-order valence-corrected chi connectivity index (χ1v) is 6.45. The number of methoxy groups -OCH3 is 1. The summed E-state index contributed by atoms with van der Waals surface area (Å²) in [4.78, 5) is 11.6. The molecule has 1 aliphatic carbocycles. The average Bonchev–Trinajstić information content (AvgIpc) is 2.19. The maximum absolute atomic E-state index is 11.6. The van der Waals surface area contributed by atoms with Crippen molar-refractivity contribution in [2.24, 2.45) is 0 Å². The van der Waals surface area contributed by atoms with E-state index in [1.807, 2.05) is 20.8 Å². The van der Waals surface area contributed by atoms with Gasteiger partial charge in [-0.2, -0.15) is 0 Å². The molecule has 0 aromatic heterocycles. The zero-order valence-corrected chi connectivity index (χ0v) is 11.8. The Hall–Kier alpha value is -0.810. The fourth-order valence-electron chi connectivity index (χ4n) is 2.19. The van der Waals surface area contributed by atoms with E-state index in [-0.39, 0.29) is 12.1 Å². The maximum atomic E-state index is 11.6. The van der Waals surface area contributed by atoms with Crippen LogP contribution in [0.15, 0.2) is 0 Å². The van der Waals surface area contributed by atoms with Crippen LogP contribution in [0.5, 0.6) is 0 Å². The largest absolute Gasteiger partial charge is 0.444 e. The number of hydrogen-bond donors (Lipinski definition) is 2. The van der Waals surface area contributed by atoms with Crippen molar-refractivity contribution in [2.75, 3.05) is 13.7 Å². The molecule has 5 heteroatoms. The molecule has 1 aliphatic rings. The lowest BCUT2D eigenvalue weighted by Gasteiger charge is -2.35. The molecule has 0 spiro atoms. The zero-order chi connectivity index (χ0) is 13.8. The van der Waals surface area contributed by atoms with Crippen LogP contribution in [0.2, 0.25) is 0 Å². The summed E-state index contributed by atoms with van der Waals surface area (Å²) in [5.41, 5.74) is -1.21. The molecule has 18 heavy (non-hydrogen) atoms. The highest BCUT2D eigenvalue weighted by atomic mass is 16.6. The molecule has 106 valence electrons. The Morgan fingerprint density at radius 2 is 1.94 bits per heavy atom. The number of nitrogens with one attached hydrogen (secondary N) is 1. The molecule has 0 bridgehead atoms. The van der Waals surface area contributed by atoms with Gasteiger partial charge in [0, 0.05) is 13.2 Å². The van der Waals surface area contributed by atoms with Gasteiger partial charge in [0.1, 0.15) is 5.60 Å². The van der Waals surface area contributed by atoms with Crippen molar-refractivity contribution in [3.05, 3.63) is 0 Å². The molecule has 1 saturated carbocycles. The van der Waals surface area contributed by atoms with Gasteiger partial charge in [-0.3, -0.25) is 0 Å². The van der Waals surface area contributed by atoms with E-state index in [9.17, 15) is 9.90 Å². The molecule has 0 radical (unpaired) electrons. The number of hydrogen-bond acceptors (Lipinski definition) is 4. The highest BCUT2D eigenvalue weighted by Gasteiger charge is 2.34. The third-order valence-corrected chi connectivity index (χ3v) is 3.05. The van der Waals surface area contributed by atoms with Crippen LogP contribution in [0.1, 0.15) is 46.5 Å². The quantitative estimate of drug-likeness (QED) is 0.811. The first-order valence-electron chi connectivity index (χ1n) is 6.45. The van der Waals surface area contributed by atoms with E-state index in [2.05, 4.69) is 5.32 Å². The van der Waals surface area contributed by atoms with Gasteiger partial charge in [-0.25, -0.2) is 4.79 Å². The Balaban J connectivity index is 2.33. The smallest absolute Gasteiger partial charge is 0.407 e. The van der Waals surface area contributed by atoms with Crippen LogP contribution < -0.4 is 5.32 Å². The summed E-state index contributed by atoms with van der Waals surface area (Å²) in [6.07, 6.45) is 2.39. The number of carbonyl (C=O) groups excluding carboxylic acids is 1. The van der Waals surface area contributed by atoms with Crippen molar-refractivity contribution in [1.29, 1.82) is 0 Å². The average molecular weight is 259 g/mol. The predicted octanol–water partition coefficient (Wildman–Crippen LogP) is 1.83. The summed E-state index contributed by atoms with van der Waals surface area (Å²) in [6.45, 7) is 5.87. The van der Waals surface area contributed by atoms with Crippen molar-refractivity contribution in [3.8, 4) is 0 Å². The summed E-state index contributed by atoms with van der Waals surface area (Å²) in [6, 6.07) is 0.0805. The van der Waals surface area contributed by atoms with Crippen LogP contribution in [0.3, 0.4) is 0 Å². The number of amides is 1. The minimum absolute atomic E-state index is 0.0805. The Labute approximate surface area is 109 Å². The molecule has 0 saturated heterocycles. The van der Waals surface area contributed by atoms with Crippen LogP contribution in [0, 0.1) is 0 Å².